The number of hydrogen-bond donors (Lipinski definition) is 2. The van der Waals surface area contributed by atoms with E-state index in [0.29, 0.717) is 29.7 Å². The molecule has 0 aromatic carbocycles. The molecular weight excluding hydrogens is 323 g/mol. The minimum absolute atomic E-state index is 0.0535. The Bertz CT molecular complexity index is 623. The molecule has 0 radical (unpaired) electrons. The number of aromatic nitrogens is 1. The lowest BCUT2D eigenvalue weighted by atomic mass is 9.94. The highest BCUT2D eigenvalue weighted by Crippen LogP contribution is 2.26. The molecular formula is C16H22F3N3O2. The lowest BCUT2D eigenvalue weighted by Crippen LogP contribution is -2.34. The quantitative estimate of drug-likeness (QED) is 0.779. The van der Waals surface area contributed by atoms with Crippen molar-refractivity contribution in [1.29, 1.82) is 0 Å². The molecule has 0 fully saturated rings. The Morgan fingerprint density at radius 3 is 2.67 bits per heavy atom. The zero-order chi connectivity index (χ0) is 17.9. The maximum Gasteiger partial charge on any atom is 0.401 e. The van der Waals surface area contributed by atoms with Crippen molar-refractivity contribution in [2.24, 2.45) is 0 Å². The third-order valence-electron chi connectivity index (χ3n) is 4.12. The smallest absolute Gasteiger partial charge is 0.354 e. The van der Waals surface area contributed by atoms with Crippen LogP contribution in [-0.2, 0) is 6.42 Å². The summed E-state index contributed by atoms with van der Waals surface area (Å²) in [6.07, 6.45) is -1.78. The van der Waals surface area contributed by atoms with Crippen LogP contribution in [0.3, 0.4) is 0 Å². The topological polar surface area (TPSA) is 65.2 Å². The highest BCUT2D eigenvalue weighted by molar-refractivity contribution is 6.04. The molecule has 0 bridgehead atoms. The van der Waals surface area contributed by atoms with Crippen LogP contribution in [-0.4, -0.2) is 54.4 Å². The van der Waals surface area contributed by atoms with Crippen LogP contribution in [0, 0.1) is 6.92 Å². The van der Waals surface area contributed by atoms with Crippen molar-refractivity contribution in [3.63, 3.8) is 0 Å². The van der Waals surface area contributed by atoms with Crippen LogP contribution in [0.5, 0.6) is 0 Å². The molecule has 2 N–H and O–H groups in total. The maximum absolute atomic E-state index is 12.2. The van der Waals surface area contributed by atoms with Gasteiger partial charge in [0.05, 0.1) is 6.54 Å². The van der Waals surface area contributed by atoms with Crippen molar-refractivity contribution in [3.05, 3.63) is 22.5 Å². The highest BCUT2D eigenvalue weighted by Gasteiger charge is 2.29. The zero-order valence-corrected chi connectivity index (χ0v) is 13.8. The molecule has 24 heavy (non-hydrogen) atoms. The van der Waals surface area contributed by atoms with E-state index in [4.69, 9.17) is 0 Å². The van der Waals surface area contributed by atoms with Crippen molar-refractivity contribution in [3.8, 4) is 0 Å². The molecule has 8 heteroatoms. The second-order valence-corrected chi connectivity index (χ2v) is 6.22. The molecule has 1 heterocycles. The number of nitrogens with one attached hydrogen (secondary N) is 2. The molecule has 2 rings (SSSR count). The number of carbonyl (C=O) groups excluding carboxylic acids is 2. The number of hydrogen-bond acceptors (Lipinski definition) is 3. The number of rotatable bonds is 6. The van der Waals surface area contributed by atoms with Gasteiger partial charge in [-0.05, 0) is 45.3 Å². The third-order valence-corrected chi connectivity index (χ3v) is 4.12. The minimum Gasteiger partial charge on any atom is -0.354 e. The Balaban J connectivity index is 1.85. The van der Waals surface area contributed by atoms with Crippen LogP contribution in [0.15, 0.2) is 0 Å². The largest absolute Gasteiger partial charge is 0.401 e. The molecule has 1 amide bonds. The summed E-state index contributed by atoms with van der Waals surface area (Å²) in [6.45, 7) is 1.28. The van der Waals surface area contributed by atoms with E-state index in [1.165, 1.54) is 11.9 Å². The summed E-state index contributed by atoms with van der Waals surface area (Å²) in [5, 5.41) is 2.69. The minimum atomic E-state index is -4.22. The van der Waals surface area contributed by atoms with Gasteiger partial charge in [-0.1, -0.05) is 0 Å². The van der Waals surface area contributed by atoms with Crippen molar-refractivity contribution in [2.75, 3.05) is 26.7 Å². The summed E-state index contributed by atoms with van der Waals surface area (Å²) in [4.78, 5) is 28.3. The van der Waals surface area contributed by atoms with Crippen LogP contribution < -0.4 is 5.32 Å². The first kappa shape index (κ1) is 18.5. The van der Waals surface area contributed by atoms with E-state index in [9.17, 15) is 22.8 Å². The van der Waals surface area contributed by atoms with Crippen LogP contribution in [0.4, 0.5) is 13.2 Å². The van der Waals surface area contributed by atoms with E-state index in [2.05, 4.69) is 10.3 Å². The summed E-state index contributed by atoms with van der Waals surface area (Å²) in [5.74, 6) is -0.272. The van der Waals surface area contributed by atoms with Gasteiger partial charge < -0.3 is 10.3 Å². The number of aryl methyl sites for hydroxylation is 1. The fourth-order valence-corrected chi connectivity index (χ4v) is 3.03. The van der Waals surface area contributed by atoms with Crippen molar-refractivity contribution in [1.82, 2.24) is 15.2 Å². The number of alkyl halides is 3. The first-order valence-electron chi connectivity index (χ1n) is 7.97. The SMILES string of the molecule is Cc1c(C(=O)NCCCN(C)CC(F)(F)F)[nH]c2c1C(=O)CCC2. The fourth-order valence-electron chi connectivity index (χ4n) is 3.03. The Labute approximate surface area is 138 Å². The van der Waals surface area contributed by atoms with Crippen molar-refractivity contribution >= 4 is 11.7 Å². The van der Waals surface area contributed by atoms with Gasteiger partial charge in [-0.15, -0.1) is 0 Å². The standard InChI is InChI=1S/C16H22F3N3O2/c1-10-13-11(5-3-6-12(13)23)21-14(10)15(24)20-7-4-8-22(2)9-16(17,18)19/h21H,3-9H2,1-2H3,(H,20,24). The molecule has 0 saturated carbocycles. The predicted octanol–water partition coefficient (Wildman–Crippen LogP) is 2.46. The molecule has 0 unspecified atom stereocenters. The number of fused-ring (bicyclic) bond motifs is 1. The summed E-state index contributed by atoms with van der Waals surface area (Å²) >= 11 is 0. The van der Waals surface area contributed by atoms with Gasteiger partial charge in [0.1, 0.15) is 5.69 Å². The summed E-state index contributed by atoms with van der Waals surface area (Å²) in [6, 6.07) is 0. The predicted molar refractivity (Wildman–Crippen MR) is 83.3 cm³/mol. The van der Waals surface area contributed by atoms with Gasteiger partial charge >= 0.3 is 6.18 Å². The van der Waals surface area contributed by atoms with E-state index < -0.39 is 12.7 Å². The fraction of sp³-hybridized carbons (Fsp3) is 0.625. The van der Waals surface area contributed by atoms with Crippen LogP contribution in [0.25, 0.3) is 0 Å². The molecule has 1 aliphatic rings. The molecule has 0 saturated heterocycles. The maximum atomic E-state index is 12.2. The number of Topliss-reactive ketones (excluding diaryl/α,β-unsaturated/α-hetero) is 1. The zero-order valence-electron chi connectivity index (χ0n) is 13.8. The average molecular weight is 345 g/mol. The Kier molecular flexibility index (Phi) is 5.69. The number of aromatic amines is 1. The summed E-state index contributed by atoms with van der Waals surface area (Å²) < 4.78 is 36.6. The average Bonchev–Trinajstić information content (AvgIpc) is 2.80. The number of halogens is 3. The molecule has 134 valence electrons. The van der Waals surface area contributed by atoms with Gasteiger partial charge in [0.2, 0.25) is 0 Å². The Morgan fingerprint density at radius 2 is 2.04 bits per heavy atom. The molecule has 5 nitrogen and oxygen atoms in total. The van der Waals surface area contributed by atoms with E-state index in [1.54, 1.807) is 6.92 Å². The van der Waals surface area contributed by atoms with Crippen LogP contribution in [0.2, 0.25) is 0 Å². The highest BCUT2D eigenvalue weighted by atomic mass is 19.4. The second kappa shape index (κ2) is 7.38. The number of carbonyl (C=O) groups is 2. The second-order valence-electron chi connectivity index (χ2n) is 6.22. The van der Waals surface area contributed by atoms with Crippen molar-refractivity contribution < 1.29 is 22.8 Å². The van der Waals surface area contributed by atoms with Crippen molar-refractivity contribution in [2.45, 2.75) is 38.8 Å². The monoisotopic (exact) mass is 345 g/mol. The van der Waals surface area contributed by atoms with Gasteiger partial charge in [0.15, 0.2) is 5.78 Å². The Hall–Kier alpha value is -1.83. The summed E-state index contributed by atoms with van der Waals surface area (Å²) in [5.41, 5.74) is 2.45. The normalized spacial score (nSPS) is 14.8. The lowest BCUT2D eigenvalue weighted by Gasteiger charge is -2.18. The summed E-state index contributed by atoms with van der Waals surface area (Å²) in [7, 11) is 1.39. The molecule has 1 aliphatic carbocycles. The number of ketones is 1. The van der Waals surface area contributed by atoms with E-state index in [-0.39, 0.29) is 24.8 Å². The van der Waals surface area contributed by atoms with E-state index in [1.807, 2.05) is 0 Å². The lowest BCUT2D eigenvalue weighted by molar-refractivity contribution is -0.143. The number of H-pyrrole nitrogens is 1. The van der Waals surface area contributed by atoms with Crippen LogP contribution in [0.1, 0.15) is 51.4 Å². The van der Waals surface area contributed by atoms with E-state index in [0.717, 1.165) is 18.5 Å². The van der Waals surface area contributed by atoms with Gasteiger partial charge in [-0.3, -0.25) is 14.5 Å². The van der Waals surface area contributed by atoms with Gasteiger partial charge in [-0.2, -0.15) is 13.2 Å². The molecule has 0 spiro atoms. The van der Waals surface area contributed by atoms with E-state index >= 15 is 0 Å². The Morgan fingerprint density at radius 1 is 1.33 bits per heavy atom. The third kappa shape index (κ3) is 4.59. The number of nitrogens with zero attached hydrogens (tertiary/aromatic N) is 1. The molecule has 0 aliphatic heterocycles. The number of amides is 1. The molecule has 0 atom stereocenters. The first-order valence-corrected chi connectivity index (χ1v) is 7.97. The van der Waals surface area contributed by atoms with Gasteiger partial charge in [0, 0.05) is 24.2 Å². The molecule has 1 aromatic rings. The van der Waals surface area contributed by atoms with Gasteiger partial charge in [0.25, 0.3) is 5.91 Å². The molecule has 1 aromatic heterocycles. The van der Waals surface area contributed by atoms with Gasteiger partial charge in [-0.25, -0.2) is 0 Å². The van der Waals surface area contributed by atoms with Crippen LogP contribution >= 0.6 is 0 Å². The first-order chi connectivity index (χ1) is 11.2.